The van der Waals surface area contributed by atoms with E-state index in [0.29, 0.717) is 18.6 Å². The van der Waals surface area contributed by atoms with Gasteiger partial charge in [0.05, 0.1) is 17.3 Å². The third kappa shape index (κ3) is 4.26. The summed E-state index contributed by atoms with van der Waals surface area (Å²) in [6.45, 7) is 5.91. The third-order valence-electron chi connectivity index (χ3n) is 3.70. The average Bonchev–Trinajstić information content (AvgIpc) is 2.81. The Balaban J connectivity index is 2.08. The molecule has 0 amide bonds. The summed E-state index contributed by atoms with van der Waals surface area (Å²) < 4.78 is 5.29. The Morgan fingerprint density at radius 2 is 2.05 bits per heavy atom. The molecule has 1 aliphatic rings. The Hall–Kier alpha value is -0.450. The van der Waals surface area contributed by atoms with Crippen LogP contribution in [0.3, 0.4) is 0 Å². The fourth-order valence-electron chi connectivity index (χ4n) is 2.61. The molecule has 1 N–H and O–H groups in total. The maximum absolute atomic E-state index is 5.29. The summed E-state index contributed by atoms with van der Waals surface area (Å²) in [5.41, 5.74) is 1.14. The molecular formula is C15H26N2OS. The molecule has 4 heteroatoms. The molecule has 1 fully saturated rings. The van der Waals surface area contributed by atoms with Crippen molar-refractivity contribution < 1.29 is 4.74 Å². The van der Waals surface area contributed by atoms with E-state index in [-0.39, 0.29) is 0 Å². The van der Waals surface area contributed by atoms with Gasteiger partial charge >= 0.3 is 0 Å². The molecule has 0 spiro atoms. The van der Waals surface area contributed by atoms with E-state index >= 15 is 0 Å². The standard InChI is InChI=1S/C15H26N2OS/c1-11(2)16-9-14-13(10-18-3)17-15(19-14)12-7-5-4-6-8-12/h11-12,16H,4-10H2,1-3H3. The fourth-order valence-corrected chi connectivity index (χ4v) is 3.80. The Bertz CT molecular complexity index is 383. The number of methoxy groups -OCH3 is 1. The number of nitrogens with one attached hydrogen (secondary N) is 1. The minimum absolute atomic E-state index is 0.510. The Kier molecular flexibility index (Phi) is 5.79. The first kappa shape index (κ1) is 14.9. The topological polar surface area (TPSA) is 34.1 Å². The van der Waals surface area contributed by atoms with E-state index in [2.05, 4.69) is 19.2 Å². The molecule has 1 aromatic rings. The quantitative estimate of drug-likeness (QED) is 0.861. The van der Waals surface area contributed by atoms with E-state index in [9.17, 15) is 0 Å². The largest absolute Gasteiger partial charge is 0.378 e. The van der Waals surface area contributed by atoms with E-state index in [1.54, 1.807) is 7.11 Å². The minimum Gasteiger partial charge on any atom is -0.378 e. The van der Waals surface area contributed by atoms with Crippen LogP contribution in [0, 0.1) is 0 Å². The second-order valence-corrected chi connectivity index (χ2v) is 6.84. The van der Waals surface area contributed by atoms with Gasteiger partial charge < -0.3 is 10.1 Å². The van der Waals surface area contributed by atoms with Gasteiger partial charge in [0.25, 0.3) is 0 Å². The maximum atomic E-state index is 5.29. The molecule has 0 aromatic carbocycles. The van der Waals surface area contributed by atoms with Crippen molar-refractivity contribution >= 4 is 11.3 Å². The van der Waals surface area contributed by atoms with Gasteiger partial charge in [-0.3, -0.25) is 0 Å². The number of thiazole rings is 1. The molecule has 1 saturated carbocycles. The monoisotopic (exact) mass is 282 g/mol. The molecule has 1 aromatic heterocycles. The predicted octanol–water partition coefficient (Wildman–Crippen LogP) is 3.84. The van der Waals surface area contributed by atoms with Crippen molar-refractivity contribution in [2.75, 3.05) is 7.11 Å². The van der Waals surface area contributed by atoms with Crippen molar-refractivity contribution in [3.63, 3.8) is 0 Å². The first-order valence-electron chi connectivity index (χ1n) is 7.41. The zero-order valence-electron chi connectivity index (χ0n) is 12.4. The molecule has 0 aliphatic heterocycles. The van der Waals surface area contributed by atoms with Crippen LogP contribution in [0.25, 0.3) is 0 Å². The van der Waals surface area contributed by atoms with Gasteiger partial charge in [-0.25, -0.2) is 4.98 Å². The number of ether oxygens (including phenoxy) is 1. The second kappa shape index (κ2) is 7.36. The number of hydrogen-bond donors (Lipinski definition) is 1. The summed E-state index contributed by atoms with van der Waals surface area (Å²) in [6, 6.07) is 0.510. The van der Waals surface area contributed by atoms with Crippen molar-refractivity contribution in [2.24, 2.45) is 0 Å². The van der Waals surface area contributed by atoms with E-state index in [1.165, 1.54) is 42.0 Å². The Morgan fingerprint density at radius 1 is 1.32 bits per heavy atom. The lowest BCUT2D eigenvalue weighted by Gasteiger charge is -2.18. The van der Waals surface area contributed by atoms with Crippen molar-refractivity contribution in [1.29, 1.82) is 0 Å². The summed E-state index contributed by atoms with van der Waals surface area (Å²) in [7, 11) is 1.75. The molecule has 0 atom stereocenters. The first-order valence-corrected chi connectivity index (χ1v) is 8.23. The van der Waals surface area contributed by atoms with Gasteiger partial charge in [0.2, 0.25) is 0 Å². The molecule has 2 rings (SSSR count). The van der Waals surface area contributed by atoms with E-state index in [4.69, 9.17) is 9.72 Å². The maximum Gasteiger partial charge on any atom is 0.0963 e. The Morgan fingerprint density at radius 3 is 2.68 bits per heavy atom. The average molecular weight is 282 g/mol. The summed E-state index contributed by atoms with van der Waals surface area (Å²) in [5.74, 6) is 0.696. The summed E-state index contributed by atoms with van der Waals surface area (Å²) >= 11 is 1.89. The SMILES string of the molecule is COCc1nc(C2CCCCC2)sc1CNC(C)C. The predicted molar refractivity (Wildman–Crippen MR) is 80.6 cm³/mol. The highest BCUT2D eigenvalue weighted by atomic mass is 32.1. The number of rotatable bonds is 6. The van der Waals surface area contributed by atoms with Crippen molar-refractivity contribution in [1.82, 2.24) is 10.3 Å². The van der Waals surface area contributed by atoms with Gasteiger partial charge in [0.1, 0.15) is 0 Å². The first-order chi connectivity index (χ1) is 9.20. The fraction of sp³-hybridized carbons (Fsp3) is 0.800. The third-order valence-corrected chi connectivity index (χ3v) is 4.96. The summed E-state index contributed by atoms with van der Waals surface area (Å²) in [6.07, 6.45) is 6.76. The normalized spacial score (nSPS) is 17.3. The van der Waals surface area contributed by atoms with Crippen molar-refractivity contribution in [2.45, 2.75) is 71.1 Å². The molecule has 0 radical (unpaired) electrons. The lowest BCUT2D eigenvalue weighted by molar-refractivity contribution is 0.181. The molecule has 0 unspecified atom stereocenters. The van der Waals surface area contributed by atoms with Crippen LogP contribution >= 0.6 is 11.3 Å². The van der Waals surface area contributed by atoms with Crippen molar-refractivity contribution in [3.05, 3.63) is 15.6 Å². The van der Waals surface area contributed by atoms with Gasteiger partial charge in [-0.05, 0) is 12.8 Å². The van der Waals surface area contributed by atoms with Gasteiger partial charge in [0, 0.05) is 30.5 Å². The van der Waals surface area contributed by atoms with Gasteiger partial charge in [-0.1, -0.05) is 33.1 Å². The lowest BCUT2D eigenvalue weighted by atomic mass is 9.90. The summed E-state index contributed by atoms with van der Waals surface area (Å²) in [5, 5.41) is 4.83. The van der Waals surface area contributed by atoms with Crippen LogP contribution in [-0.2, 0) is 17.9 Å². The van der Waals surface area contributed by atoms with Gasteiger partial charge in [-0.2, -0.15) is 0 Å². The van der Waals surface area contributed by atoms with Crippen LogP contribution in [0.5, 0.6) is 0 Å². The van der Waals surface area contributed by atoms with Gasteiger partial charge in [-0.15, -0.1) is 11.3 Å². The molecule has 108 valence electrons. The molecule has 3 nitrogen and oxygen atoms in total. The van der Waals surface area contributed by atoms with Crippen LogP contribution in [0.15, 0.2) is 0 Å². The molecule has 19 heavy (non-hydrogen) atoms. The van der Waals surface area contributed by atoms with E-state index in [0.717, 1.165) is 12.2 Å². The zero-order chi connectivity index (χ0) is 13.7. The van der Waals surface area contributed by atoms with E-state index < -0.39 is 0 Å². The highest BCUT2D eigenvalue weighted by molar-refractivity contribution is 7.11. The Labute approximate surface area is 120 Å². The van der Waals surface area contributed by atoms with Gasteiger partial charge in [0.15, 0.2) is 0 Å². The van der Waals surface area contributed by atoms with Crippen LogP contribution in [0.4, 0.5) is 0 Å². The molecule has 1 heterocycles. The minimum atomic E-state index is 0.510. The summed E-state index contributed by atoms with van der Waals surface area (Å²) in [4.78, 5) is 6.21. The lowest BCUT2D eigenvalue weighted by Crippen LogP contribution is -2.21. The number of aromatic nitrogens is 1. The van der Waals surface area contributed by atoms with Crippen LogP contribution in [0.2, 0.25) is 0 Å². The smallest absolute Gasteiger partial charge is 0.0963 e. The van der Waals surface area contributed by atoms with E-state index in [1.807, 2.05) is 11.3 Å². The highest BCUT2D eigenvalue weighted by Gasteiger charge is 2.21. The highest BCUT2D eigenvalue weighted by Crippen LogP contribution is 2.36. The number of hydrogen-bond acceptors (Lipinski definition) is 4. The zero-order valence-corrected chi connectivity index (χ0v) is 13.2. The van der Waals surface area contributed by atoms with Crippen molar-refractivity contribution in [3.8, 4) is 0 Å². The molecule has 0 saturated heterocycles. The van der Waals surface area contributed by atoms with Crippen LogP contribution in [0.1, 0.15) is 67.4 Å². The second-order valence-electron chi connectivity index (χ2n) is 5.73. The molecular weight excluding hydrogens is 256 g/mol. The molecule has 1 aliphatic carbocycles. The molecule has 0 bridgehead atoms. The number of nitrogens with zero attached hydrogens (tertiary/aromatic N) is 1. The van der Waals surface area contributed by atoms with Crippen LogP contribution < -0.4 is 5.32 Å². The van der Waals surface area contributed by atoms with Crippen LogP contribution in [-0.4, -0.2) is 18.1 Å².